The molecule has 0 amide bonds. The Morgan fingerprint density at radius 1 is 0.952 bits per heavy atom. The SMILES string of the molecule is Cc1cc(SNCc2ccc(-c3ccccc3)cc2)c[nH]1. The first-order valence-electron chi connectivity index (χ1n) is 7.00. The number of aryl methyl sites for hydroxylation is 1. The molecule has 1 aromatic heterocycles. The molecule has 3 heteroatoms. The minimum atomic E-state index is 0.851. The number of rotatable bonds is 5. The molecule has 1 heterocycles. The third-order valence-electron chi connectivity index (χ3n) is 3.33. The molecule has 106 valence electrons. The van der Waals surface area contributed by atoms with Crippen molar-refractivity contribution in [2.45, 2.75) is 18.4 Å². The number of H-pyrrole nitrogens is 1. The fourth-order valence-electron chi connectivity index (χ4n) is 2.19. The van der Waals surface area contributed by atoms with Crippen LogP contribution in [0.3, 0.4) is 0 Å². The number of aromatic nitrogens is 1. The largest absolute Gasteiger partial charge is 0.364 e. The van der Waals surface area contributed by atoms with E-state index >= 15 is 0 Å². The van der Waals surface area contributed by atoms with E-state index in [0.717, 1.165) is 6.54 Å². The van der Waals surface area contributed by atoms with Crippen LogP contribution >= 0.6 is 11.9 Å². The van der Waals surface area contributed by atoms with Crippen LogP contribution in [0.1, 0.15) is 11.3 Å². The van der Waals surface area contributed by atoms with Crippen LogP contribution in [0.4, 0.5) is 0 Å². The Hall–Kier alpha value is -1.97. The van der Waals surface area contributed by atoms with Crippen molar-refractivity contribution in [3.8, 4) is 11.1 Å². The lowest BCUT2D eigenvalue weighted by molar-refractivity contribution is 0.976. The van der Waals surface area contributed by atoms with E-state index in [9.17, 15) is 0 Å². The van der Waals surface area contributed by atoms with E-state index in [0.29, 0.717) is 0 Å². The molecule has 3 aromatic rings. The van der Waals surface area contributed by atoms with E-state index in [1.54, 1.807) is 11.9 Å². The lowest BCUT2D eigenvalue weighted by Gasteiger charge is -2.05. The van der Waals surface area contributed by atoms with Gasteiger partial charge in [0.25, 0.3) is 0 Å². The summed E-state index contributed by atoms with van der Waals surface area (Å²) in [6.07, 6.45) is 2.02. The van der Waals surface area contributed by atoms with Crippen molar-refractivity contribution in [1.29, 1.82) is 0 Å². The highest BCUT2D eigenvalue weighted by molar-refractivity contribution is 7.97. The number of hydrogen-bond acceptors (Lipinski definition) is 2. The second kappa shape index (κ2) is 6.66. The summed E-state index contributed by atoms with van der Waals surface area (Å²) in [6, 6.07) is 21.3. The van der Waals surface area contributed by atoms with Crippen molar-refractivity contribution >= 4 is 11.9 Å². The van der Waals surface area contributed by atoms with Crippen molar-refractivity contribution in [2.75, 3.05) is 0 Å². The summed E-state index contributed by atoms with van der Waals surface area (Å²) in [5, 5.41) is 0. The minimum absolute atomic E-state index is 0.851. The third-order valence-corrected chi connectivity index (χ3v) is 4.09. The maximum Gasteiger partial charge on any atom is 0.0405 e. The zero-order valence-corrected chi connectivity index (χ0v) is 12.8. The summed E-state index contributed by atoms with van der Waals surface area (Å²) >= 11 is 1.66. The van der Waals surface area contributed by atoms with Gasteiger partial charge in [0, 0.05) is 23.3 Å². The second-order valence-corrected chi connectivity index (χ2v) is 5.97. The van der Waals surface area contributed by atoms with Crippen LogP contribution in [0.5, 0.6) is 0 Å². The van der Waals surface area contributed by atoms with Crippen LogP contribution in [-0.4, -0.2) is 4.98 Å². The highest BCUT2D eigenvalue weighted by Crippen LogP contribution is 2.20. The van der Waals surface area contributed by atoms with E-state index in [1.807, 2.05) is 12.3 Å². The summed E-state index contributed by atoms with van der Waals surface area (Å²) in [5.74, 6) is 0. The molecule has 0 atom stereocenters. The maximum atomic E-state index is 3.39. The van der Waals surface area contributed by atoms with Gasteiger partial charge in [0.2, 0.25) is 0 Å². The van der Waals surface area contributed by atoms with Crippen molar-refractivity contribution in [1.82, 2.24) is 9.71 Å². The molecule has 0 aliphatic carbocycles. The minimum Gasteiger partial charge on any atom is -0.364 e. The highest BCUT2D eigenvalue weighted by Gasteiger charge is 1.99. The molecule has 0 saturated carbocycles. The molecule has 3 rings (SSSR count). The monoisotopic (exact) mass is 294 g/mol. The molecule has 0 aliphatic heterocycles. The summed E-state index contributed by atoms with van der Waals surface area (Å²) in [6.45, 7) is 2.91. The van der Waals surface area contributed by atoms with Gasteiger partial charge in [0.1, 0.15) is 0 Å². The van der Waals surface area contributed by atoms with Crippen LogP contribution in [0.25, 0.3) is 11.1 Å². The Bertz CT molecular complexity index is 687. The molecule has 0 radical (unpaired) electrons. The van der Waals surface area contributed by atoms with Crippen LogP contribution in [0.15, 0.2) is 71.8 Å². The van der Waals surface area contributed by atoms with Gasteiger partial charge in [-0.15, -0.1) is 0 Å². The quantitative estimate of drug-likeness (QED) is 0.662. The normalized spacial score (nSPS) is 10.7. The van der Waals surface area contributed by atoms with Gasteiger partial charge >= 0.3 is 0 Å². The Morgan fingerprint density at radius 2 is 1.67 bits per heavy atom. The summed E-state index contributed by atoms with van der Waals surface area (Å²) in [7, 11) is 0. The van der Waals surface area contributed by atoms with Crippen molar-refractivity contribution in [3.05, 3.63) is 78.1 Å². The van der Waals surface area contributed by atoms with E-state index < -0.39 is 0 Å². The van der Waals surface area contributed by atoms with E-state index in [1.165, 1.54) is 27.3 Å². The van der Waals surface area contributed by atoms with Gasteiger partial charge in [0.05, 0.1) is 0 Å². The van der Waals surface area contributed by atoms with E-state index in [-0.39, 0.29) is 0 Å². The molecule has 2 aromatic carbocycles. The maximum absolute atomic E-state index is 3.39. The zero-order valence-electron chi connectivity index (χ0n) is 12.0. The molecule has 21 heavy (non-hydrogen) atoms. The van der Waals surface area contributed by atoms with Gasteiger partial charge in [-0.3, -0.25) is 4.72 Å². The molecule has 2 N–H and O–H groups in total. The molecule has 0 aliphatic rings. The Morgan fingerprint density at radius 3 is 2.33 bits per heavy atom. The average Bonchev–Trinajstić information content (AvgIpc) is 2.94. The molecule has 0 spiro atoms. The van der Waals surface area contributed by atoms with Crippen molar-refractivity contribution in [2.24, 2.45) is 0 Å². The lowest BCUT2D eigenvalue weighted by atomic mass is 10.0. The van der Waals surface area contributed by atoms with Crippen LogP contribution in [0.2, 0.25) is 0 Å². The number of hydrogen-bond donors (Lipinski definition) is 2. The van der Waals surface area contributed by atoms with Gasteiger partial charge in [-0.2, -0.15) is 0 Å². The first-order chi connectivity index (χ1) is 10.3. The molecule has 2 nitrogen and oxygen atoms in total. The number of nitrogens with one attached hydrogen (secondary N) is 2. The molecular formula is C18H18N2S. The predicted octanol–water partition coefficient (Wildman–Crippen LogP) is 4.79. The highest BCUT2D eigenvalue weighted by atomic mass is 32.2. The van der Waals surface area contributed by atoms with Crippen molar-refractivity contribution < 1.29 is 0 Å². The predicted molar refractivity (Wildman–Crippen MR) is 90.1 cm³/mol. The summed E-state index contributed by atoms with van der Waals surface area (Å²) in [5.41, 5.74) is 4.99. The summed E-state index contributed by atoms with van der Waals surface area (Å²) in [4.78, 5) is 4.40. The standard InChI is InChI=1S/C18H18N2S/c1-14-11-18(13-19-14)21-20-12-15-7-9-17(10-8-15)16-5-3-2-4-6-16/h2-11,13,19-20H,12H2,1H3. The van der Waals surface area contributed by atoms with E-state index in [4.69, 9.17) is 0 Å². The molecule has 0 saturated heterocycles. The van der Waals surface area contributed by atoms with Crippen LogP contribution in [-0.2, 0) is 6.54 Å². The smallest absolute Gasteiger partial charge is 0.0405 e. The third kappa shape index (κ3) is 3.78. The molecule has 0 unspecified atom stereocenters. The number of benzene rings is 2. The van der Waals surface area contributed by atoms with Gasteiger partial charge in [-0.25, -0.2) is 0 Å². The number of aromatic amines is 1. The molecule has 0 fully saturated rings. The first kappa shape index (κ1) is 14.0. The van der Waals surface area contributed by atoms with Gasteiger partial charge in [-0.05, 0) is 41.6 Å². The van der Waals surface area contributed by atoms with Crippen LogP contribution in [0, 0.1) is 6.92 Å². The summed E-state index contributed by atoms with van der Waals surface area (Å²) < 4.78 is 3.39. The lowest BCUT2D eigenvalue weighted by Crippen LogP contribution is -2.02. The molecular weight excluding hydrogens is 276 g/mol. The average molecular weight is 294 g/mol. The van der Waals surface area contributed by atoms with Crippen molar-refractivity contribution in [3.63, 3.8) is 0 Å². The van der Waals surface area contributed by atoms with Gasteiger partial charge in [-0.1, -0.05) is 54.6 Å². The molecule has 0 bridgehead atoms. The van der Waals surface area contributed by atoms with Gasteiger partial charge < -0.3 is 4.98 Å². The van der Waals surface area contributed by atoms with Crippen LogP contribution < -0.4 is 4.72 Å². The zero-order chi connectivity index (χ0) is 14.5. The second-order valence-electron chi connectivity index (χ2n) is 5.00. The fraction of sp³-hybridized carbons (Fsp3) is 0.111. The fourth-order valence-corrected chi connectivity index (χ4v) is 2.95. The topological polar surface area (TPSA) is 27.8 Å². The first-order valence-corrected chi connectivity index (χ1v) is 7.82. The Balaban J connectivity index is 1.57. The Labute approximate surface area is 129 Å². The van der Waals surface area contributed by atoms with Gasteiger partial charge in [0.15, 0.2) is 0 Å². The Kier molecular flexibility index (Phi) is 4.43. The van der Waals surface area contributed by atoms with E-state index in [2.05, 4.69) is 71.2 Å².